The van der Waals surface area contributed by atoms with E-state index in [1.165, 1.54) is 10.6 Å². The Balaban J connectivity index is 1.50. The van der Waals surface area contributed by atoms with E-state index in [1.54, 1.807) is 12.3 Å². The van der Waals surface area contributed by atoms with Crippen LogP contribution in [0.4, 0.5) is 0 Å². The first-order valence-corrected chi connectivity index (χ1v) is 10.9. The molecule has 8 heteroatoms. The van der Waals surface area contributed by atoms with E-state index < -0.39 is 10.0 Å². The van der Waals surface area contributed by atoms with Crippen LogP contribution in [-0.4, -0.2) is 36.4 Å². The van der Waals surface area contributed by atoms with E-state index >= 15 is 0 Å². The molecule has 0 atom stereocenters. The monoisotopic (exact) mass is 399 g/mol. The Bertz CT molecular complexity index is 1170. The van der Waals surface area contributed by atoms with Gasteiger partial charge in [-0.1, -0.05) is 12.1 Å². The normalized spacial score (nSPS) is 14.8. The van der Waals surface area contributed by atoms with Crippen LogP contribution >= 0.6 is 0 Å². The molecule has 1 N–H and O–H groups in total. The molecule has 3 aromatic rings. The van der Waals surface area contributed by atoms with Gasteiger partial charge in [0.2, 0.25) is 10.0 Å². The third-order valence-corrected chi connectivity index (χ3v) is 6.14. The molecule has 146 valence electrons. The first-order chi connectivity index (χ1) is 13.3. The minimum atomic E-state index is -3.24. The molecule has 0 unspecified atom stereocenters. The number of benzene rings is 1. The number of carbonyl (C=O) groups is 1. The molecule has 4 rings (SSSR count). The Morgan fingerprint density at radius 1 is 1.32 bits per heavy atom. The number of amides is 1. The zero-order chi connectivity index (χ0) is 19.9. The van der Waals surface area contributed by atoms with Crippen molar-refractivity contribution in [2.24, 2.45) is 0 Å². The Hall–Kier alpha value is -2.71. The number of aryl methyl sites for hydroxylation is 1. The van der Waals surface area contributed by atoms with E-state index in [0.717, 1.165) is 28.0 Å². The Morgan fingerprint density at radius 2 is 2.14 bits per heavy atom. The van der Waals surface area contributed by atoms with Crippen LogP contribution in [0.15, 0.2) is 40.9 Å². The fraction of sp³-hybridized carbons (Fsp3) is 0.300. The van der Waals surface area contributed by atoms with Crippen molar-refractivity contribution in [3.05, 3.63) is 64.7 Å². The molecule has 0 saturated carbocycles. The number of pyridine rings is 1. The van der Waals surface area contributed by atoms with Crippen LogP contribution in [0.25, 0.3) is 11.0 Å². The summed E-state index contributed by atoms with van der Waals surface area (Å²) in [5.41, 5.74) is 3.67. The van der Waals surface area contributed by atoms with Gasteiger partial charge in [0.05, 0.1) is 11.8 Å². The molecular formula is C20H21N3O4S. The topological polar surface area (TPSA) is 92.5 Å². The van der Waals surface area contributed by atoms with E-state index in [4.69, 9.17) is 4.42 Å². The SMILES string of the molecule is Cc1cc2cccc(C(=O)NCc3cnc4c(c3)CN(S(C)(=O)=O)CC4)c2o1. The van der Waals surface area contributed by atoms with Gasteiger partial charge in [0.1, 0.15) is 11.3 Å². The maximum Gasteiger partial charge on any atom is 0.255 e. The molecule has 1 aromatic carbocycles. The molecule has 3 heterocycles. The summed E-state index contributed by atoms with van der Waals surface area (Å²) in [6.07, 6.45) is 3.54. The number of rotatable bonds is 4. The molecule has 0 fully saturated rings. The molecule has 28 heavy (non-hydrogen) atoms. The van der Waals surface area contributed by atoms with Gasteiger partial charge in [0.25, 0.3) is 5.91 Å². The predicted octanol–water partition coefficient (Wildman–Crippen LogP) is 2.38. The van der Waals surface area contributed by atoms with Gasteiger partial charge in [-0.3, -0.25) is 9.78 Å². The molecule has 0 aliphatic carbocycles. The Kier molecular flexibility index (Phi) is 4.68. The first-order valence-electron chi connectivity index (χ1n) is 9.00. The molecule has 1 amide bonds. The summed E-state index contributed by atoms with van der Waals surface area (Å²) in [5, 5.41) is 3.78. The number of nitrogens with zero attached hydrogens (tertiary/aromatic N) is 2. The molecule has 0 spiro atoms. The van der Waals surface area contributed by atoms with E-state index in [0.29, 0.717) is 37.2 Å². The number of carbonyl (C=O) groups excluding carboxylic acids is 1. The minimum Gasteiger partial charge on any atom is -0.461 e. The quantitative estimate of drug-likeness (QED) is 0.727. The van der Waals surface area contributed by atoms with Crippen molar-refractivity contribution >= 4 is 26.9 Å². The second-order valence-corrected chi connectivity index (χ2v) is 9.04. The molecule has 7 nitrogen and oxygen atoms in total. The number of aromatic nitrogens is 1. The van der Waals surface area contributed by atoms with Crippen LogP contribution < -0.4 is 5.32 Å². The summed E-state index contributed by atoms with van der Waals surface area (Å²) in [5.74, 6) is 0.528. The van der Waals surface area contributed by atoms with Crippen LogP contribution in [0.3, 0.4) is 0 Å². The lowest BCUT2D eigenvalue weighted by atomic mass is 10.1. The number of sulfonamides is 1. The van der Waals surface area contributed by atoms with Crippen LogP contribution in [0.2, 0.25) is 0 Å². The van der Waals surface area contributed by atoms with Crippen molar-refractivity contribution in [3.63, 3.8) is 0 Å². The Morgan fingerprint density at radius 3 is 2.93 bits per heavy atom. The van der Waals surface area contributed by atoms with Gasteiger partial charge in [-0.2, -0.15) is 4.31 Å². The van der Waals surface area contributed by atoms with Gasteiger partial charge in [-0.15, -0.1) is 0 Å². The predicted molar refractivity (Wildman–Crippen MR) is 105 cm³/mol. The van der Waals surface area contributed by atoms with Gasteiger partial charge in [-0.25, -0.2) is 8.42 Å². The van der Waals surface area contributed by atoms with Gasteiger partial charge >= 0.3 is 0 Å². The summed E-state index contributed by atoms with van der Waals surface area (Å²) in [7, 11) is -3.24. The lowest BCUT2D eigenvalue weighted by Crippen LogP contribution is -2.35. The number of fused-ring (bicyclic) bond motifs is 2. The lowest BCUT2D eigenvalue weighted by molar-refractivity contribution is 0.0951. The summed E-state index contributed by atoms with van der Waals surface area (Å²) >= 11 is 0. The average molecular weight is 399 g/mol. The highest BCUT2D eigenvalue weighted by atomic mass is 32.2. The van der Waals surface area contributed by atoms with Gasteiger partial charge in [-0.05, 0) is 36.2 Å². The van der Waals surface area contributed by atoms with Crippen LogP contribution in [0.1, 0.15) is 32.9 Å². The first kappa shape index (κ1) is 18.6. The number of hydrogen-bond donors (Lipinski definition) is 1. The highest BCUT2D eigenvalue weighted by Crippen LogP contribution is 2.23. The minimum absolute atomic E-state index is 0.226. The third kappa shape index (κ3) is 3.65. The van der Waals surface area contributed by atoms with Crippen molar-refractivity contribution in [2.45, 2.75) is 26.4 Å². The molecule has 0 saturated heterocycles. The van der Waals surface area contributed by atoms with Gasteiger partial charge in [0.15, 0.2) is 0 Å². The lowest BCUT2D eigenvalue weighted by Gasteiger charge is -2.26. The van der Waals surface area contributed by atoms with Crippen molar-refractivity contribution < 1.29 is 17.6 Å². The molecule has 0 bridgehead atoms. The van der Waals surface area contributed by atoms with Crippen molar-refractivity contribution in [3.8, 4) is 0 Å². The average Bonchev–Trinajstić information content (AvgIpc) is 3.04. The molecular weight excluding hydrogens is 378 g/mol. The summed E-state index contributed by atoms with van der Waals surface area (Å²) in [4.78, 5) is 17.1. The molecule has 1 aliphatic rings. The van der Waals surface area contributed by atoms with Crippen LogP contribution in [0.5, 0.6) is 0 Å². The maximum absolute atomic E-state index is 12.6. The maximum atomic E-state index is 12.6. The van der Waals surface area contributed by atoms with E-state index in [-0.39, 0.29) is 5.91 Å². The van der Waals surface area contributed by atoms with Gasteiger partial charge in [0, 0.05) is 43.3 Å². The van der Waals surface area contributed by atoms with Crippen LogP contribution in [-0.2, 0) is 29.5 Å². The van der Waals surface area contributed by atoms with Crippen molar-refractivity contribution in [1.82, 2.24) is 14.6 Å². The zero-order valence-corrected chi connectivity index (χ0v) is 16.5. The summed E-state index contributed by atoms with van der Waals surface area (Å²) < 4.78 is 30.7. The fourth-order valence-corrected chi connectivity index (χ4v) is 4.27. The highest BCUT2D eigenvalue weighted by molar-refractivity contribution is 7.88. The smallest absolute Gasteiger partial charge is 0.255 e. The van der Waals surface area contributed by atoms with E-state index in [2.05, 4.69) is 10.3 Å². The standard InChI is InChI=1S/C20H21N3O4S/c1-13-8-15-4-3-5-17(19(15)27-13)20(24)22-11-14-9-16-12-23(28(2,25)26)7-6-18(16)21-10-14/h3-5,8-10H,6-7,11-12H2,1-2H3,(H,22,24). The Labute approximate surface area is 163 Å². The number of nitrogens with one attached hydrogen (secondary N) is 1. The molecule has 1 aliphatic heterocycles. The number of para-hydroxylation sites is 1. The number of furan rings is 1. The third-order valence-electron chi connectivity index (χ3n) is 4.90. The fourth-order valence-electron chi connectivity index (χ4n) is 3.48. The van der Waals surface area contributed by atoms with E-state index in [9.17, 15) is 13.2 Å². The second kappa shape index (κ2) is 7.03. The van der Waals surface area contributed by atoms with Crippen molar-refractivity contribution in [1.29, 1.82) is 0 Å². The van der Waals surface area contributed by atoms with Crippen molar-refractivity contribution in [2.75, 3.05) is 12.8 Å². The second-order valence-electron chi connectivity index (χ2n) is 7.06. The summed E-state index contributed by atoms with van der Waals surface area (Å²) in [6.45, 7) is 2.91. The molecule has 0 radical (unpaired) electrons. The highest BCUT2D eigenvalue weighted by Gasteiger charge is 2.24. The zero-order valence-electron chi connectivity index (χ0n) is 15.7. The summed E-state index contributed by atoms with van der Waals surface area (Å²) in [6, 6.07) is 9.27. The van der Waals surface area contributed by atoms with E-state index in [1.807, 2.05) is 31.2 Å². The van der Waals surface area contributed by atoms with Gasteiger partial charge < -0.3 is 9.73 Å². The number of hydrogen-bond acceptors (Lipinski definition) is 5. The molecule has 2 aromatic heterocycles. The van der Waals surface area contributed by atoms with Crippen LogP contribution in [0, 0.1) is 6.92 Å². The largest absolute Gasteiger partial charge is 0.461 e.